The van der Waals surface area contributed by atoms with Crippen LogP contribution >= 0.6 is 0 Å². The normalized spacial score (nSPS) is 11.2. The summed E-state index contributed by atoms with van der Waals surface area (Å²) in [7, 11) is -2.87. The molecule has 0 aromatic heterocycles. The van der Waals surface area contributed by atoms with Crippen LogP contribution in [0.2, 0.25) is 0 Å². The van der Waals surface area contributed by atoms with E-state index in [1.165, 1.54) is 13.2 Å². The molecule has 0 heterocycles. The van der Waals surface area contributed by atoms with E-state index in [0.717, 1.165) is 16.4 Å². The summed E-state index contributed by atoms with van der Waals surface area (Å²) in [6, 6.07) is 19.1. The zero-order valence-electron chi connectivity index (χ0n) is 17.6. The smallest absolute Gasteiger partial charge is 0.247 e. The van der Waals surface area contributed by atoms with Crippen molar-refractivity contribution < 1.29 is 27.1 Å². The molecule has 1 N–H and O–H groups in total. The predicted octanol–water partition coefficient (Wildman–Crippen LogP) is 4.28. The summed E-state index contributed by atoms with van der Waals surface area (Å²) < 4.78 is 51.3. The average Bonchev–Trinajstić information content (AvgIpc) is 2.79. The topological polar surface area (TPSA) is 84.9 Å². The maximum Gasteiger partial charge on any atom is 0.247 e. The Balaban J connectivity index is 1.68. The number of methoxy groups -OCH3 is 1. The fraction of sp³-hybridized carbons (Fsp3) is 0.174. The van der Waals surface area contributed by atoms with Crippen LogP contribution in [0.5, 0.6) is 17.2 Å². The first-order valence-corrected chi connectivity index (χ1v) is 11.2. The van der Waals surface area contributed by atoms with Crippen LogP contribution < -0.4 is 14.8 Å². The number of anilines is 1. The first-order chi connectivity index (χ1) is 15.3. The lowest BCUT2D eigenvalue weighted by Crippen LogP contribution is -2.38. The summed E-state index contributed by atoms with van der Waals surface area (Å²) in [5, 5.41) is 2.66. The Labute approximate surface area is 186 Å². The largest absolute Gasteiger partial charge is 0.495 e. The first-order valence-electron chi connectivity index (χ1n) is 9.80. The molecule has 0 atom stereocenters. The Morgan fingerprint density at radius 3 is 2.28 bits per heavy atom. The summed E-state index contributed by atoms with van der Waals surface area (Å²) in [6.07, 6.45) is 0. The van der Waals surface area contributed by atoms with E-state index >= 15 is 0 Å². The van der Waals surface area contributed by atoms with E-state index in [1.54, 1.807) is 31.2 Å². The molecule has 3 aromatic rings. The van der Waals surface area contributed by atoms with Crippen molar-refractivity contribution in [1.29, 1.82) is 0 Å². The summed E-state index contributed by atoms with van der Waals surface area (Å²) in [5.74, 6) is 0.00972. The molecule has 0 unspecified atom stereocenters. The Morgan fingerprint density at radius 1 is 1.00 bits per heavy atom. The van der Waals surface area contributed by atoms with Crippen molar-refractivity contribution in [3.8, 4) is 17.2 Å². The van der Waals surface area contributed by atoms with Crippen molar-refractivity contribution in [2.75, 3.05) is 25.5 Å². The minimum Gasteiger partial charge on any atom is -0.495 e. The van der Waals surface area contributed by atoms with Crippen LogP contribution in [0.4, 0.5) is 10.1 Å². The van der Waals surface area contributed by atoms with Crippen LogP contribution in [-0.4, -0.2) is 38.8 Å². The highest BCUT2D eigenvalue weighted by Crippen LogP contribution is 2.27. The summed E-state index contributed by atoms with van der Waals surface area (Å²) in [5.41, 5.74) is 0.479. The molecule has 0 radical (unpaired) electrons. The molecule has 0 aliphatic heterocycles. The monoisotopic (exact) mass is 458 g/mol. The van der Waals surface area contributed by atoms with E-state index in [2.05, 4.69) is 5.32 Å². The lowest BCUT2D eigenvalue weighted by molar-refractivity contribution is -0.116. The number of nitrogens with zero attached hydrogens (tertiary/aromatic N) is 1. The van der Waals surface area contributed by atoms with Gasteiger partial charge in [-0.3, -0.25) is 4.79 Å². The van der Waals surface area contributed by atoms with Crippen LogP contribution in [0.1, 0.15) is 6.92 Å². The van der Waals surface area contributed by atoms with Gasteiger partial charge < -0.3 is 14.8 Å². The number of hydrogen-bond donors (Lipinski definition) is 1. The molecule has 0 aliphatic rings. The zero-order chi connectivity index (χ0) is 23.1. The molecule has 32 heavy (non-hydrogen) atoms. The Hall–Kier alpha value is -3.43. The molecule has 1 amide bonds. The highest BCUT2D eigenvalue weighted by Gasteiger charge is 2.29. The van der Waals surface area contributed by atoms with Crippen LogP contribution in [0.3, 0.4) is 0 Å². The second-order valence-corrected chi connectivity index (χ2v) is 8.62. The van der Waals surface area contributed by atoms with Gasteiger partial charge in [0.1, 0.15) is 28.0 Å². The molecule has 3 rings (SSSR count). The summed E-state index contributed by atoms with van der Waals surface area (Å²) in [4.78, 5) is 12.2. The van der Waals surface area contributed by atoms with Gasteiger partial charge in [-0.05, 0) is 54.6 Å². The fourth-order valence-corrected chi connectivity index (χ4v) is 4.52. The van der Waals surface area contributed by atoms with E-state index in [1.807, 2.05) is 30.3 Å². The molecule has 3 aromatic carbocycles. The van der Waals surface area contributed by atoms with E-state index in [4.69, 9.17) is 9.47 Å². The molecule has 0 fully saturated rings. The molecule has 7 nitrogen and oxygen atoms in total. The average molecular weight is 459 g/mol. The van der Waals surface area contributed by atoms with Gasteiger partial charge in [-0.2, -0.15) is 4.31 Å². The number of amides is 1. The quantitative estimate of drug-likeness (QED) is 0.518. The van der Waals surface area contributed by atoms with Crippen molar-refractivity contribution in [2.45, 2.75) is 11.8 Å². The van der Waals surface area contributed by atoms with Gasteiger partial charge in [-0.1, -0.05) is 25.1 Å². The van der Waals surface area contributed by atoms with E-state index in [9.17, 15) is 17.6 Å². The SMILES string of the molecule is CCN(CC(=O)Nc1ccc(Oc2ccccc2)cc1)S(=O)(=O)c1cc(F)ccc1OC. The van der Waals surface area contributed by atoms with Crippen LogP contribution in [0.15, 0.2) is 77.7 Å². The Bertz CT molecular complexity index is 1170. The summed E-state index contributed by atoms with van der Waals surface area (Å²) in [6.45, 7) is 1.16. The van der Waals surface area contributed by atoms with Gasteiger partial charge in [0.05, 0.1) is 13.7 Å². The number of rotatable bonds is 9. The zero-order valence-corrected chi connectivity index (χ0v) is 18.4. The van der Waals surface area contributed by atoms with Gasteiger partial charge >= 0.3 is 0 Å². The predicted molar refractivity (Wildman–Crippen MR) is 119 cm³/mol. The maximum atomic E-state index is 13.7. The minimum atomic E-state index is -4.16. The number of likely N-dealkylation sites (N-methyl/N-ethyl adjacent to an activating group) is 1. The fourth-order valence-electron chi connectivity index (χ4n) is 2.95. The number of para-hydroxylation sites is 1. The molecule has 0 bridgehead atoms. The molecular formula is C23H23FN2O5S. The number of halogens is 1. The van der Waals surface area contributed by atoms with Gasteiger partial charge in [0.2, 0.25) is 15.9 Å². The van der Waals surface area contributed by atoms with Gasteiger partial charge in [-0.15, -0.1) is 0 Å². The van der Waals surface area contributed by atoms with Crippen molar-refractivity contribution in [2.24, 2.45) is 0 Å². The van der Waals surface area contributed by atoms with Crippen LogP contribution in [0, 0.1) is 5.82 Å². The second-order valence-electron chi connectivity index (χ2n) is 6.71. The minimum absolute atomic E-state index is 0.000682. The van der Waals surface area contributed by atoms with E-state index in [-0.39, 0.29) is 17.2 Å². The highest BCUT2D eigenvalue weighted by molar-refractivity contribution is 7.89. The van der Waals surface area contributed by atoms with Crippen molar-refractivity contribution in [1.82, 2.24) is 4.31 Å². The third-order valence-corrected chi connectivity index (χ3v) is 6.48. The Morgan fingerprint density at radius 2 is 1.66 bits per heavy atom. The highest BCUT2D eigenvalue weighted by atomic mass is 32.2. The lowest BCUT2D eigenvalue weighted by Gasteiger charge is -2.21. The number of ether oxygens (including phenoxy) is 2. The molecule has 0 aliphatic carbocycles. The third-order valence-electron chi connectivity index (χ3n) is 4.53. The number of benzene rings is 3. The van der Waals surface area contributed by atoms with Crippen LogP contribution in [-0.2, 0) is 14.8 Å². The van der Waals surface area contributed by atoms with Crippen molar-refractivity contribution in [3.05, 3.63) is 78.6 Å². The van der Waals surface area contributed by atoms with Crippen molar-refractivity contribution >= 4 is 21.6 Å². The van der Waals surface area contributed by atoms with Gasteiger partial charge in [-0.25, -0.2) is 12.8 Å². The lowest BCUT2D eigenvalue weighted by atomic mass is 10.3. The molecule has 0 spiro atoms. The van der Waals surface area contributed by atoms with E-state index < -0.39 is 28.3 Å². The number of sulfonamides is 1. The molecule has 0 saturated heterocycles. The number of hydrogen-bond acceptors (Lipinski definition) is 5. The standard InChI is InChI=1S/C23H23FN2O5S/c1-3-26(32(28,29)22-15-17(24)9-14-21(22)30-2)16-23(27)25-18-10-12-20(13-11-18)31-19-7-5-4-6-8-19/h4-15H,3,16H2,1-2H3,(H,25,27). The molecule has 168 valence electrons. The molecule has 0 saturated carbocycles. The van der Waals surface area contributed by atoms with Gasteiger partial charge in [0.25, 0.3) is 0 Å². The Kier molecular flexibility index (Phi) is 7.45. The number of carbonyl (C=O) groups excluding carboxylic acids is 1. The molecular weight excluding hydrogens is 435 g/mol. The maximum absolute atomic E-state index is 13.7. The van der Waals surface area contributed by atoms with Gasteiger partial charge in [0, 0.05) is 12.2 Å². The molecule has 9 heteroatoms. The second kappa shape index (κ2) is 10.3. The number of nitrogens with one attached hydrogen (secondary N) is 1. The van der Waals surface area contributed by atoms with Crippen LogP contribution in [0.25, 0.3) is 0 Å². The van der Waals surface area contributed by atoms with Crippen molar-refractivity contribution in [3.63, 3.8) is 0 Å². The number of carbonyl (C=O) groups is 1. The third kappa shape index (κ3) is 5.63. The van der Waals surface area contributed by atoms with Gasteiger partial charge in [0.15, 0.2) is 0 Å². The van der Waals surface area contributed by atoms with E-state index in [0.29, 0.717) is 17.2 Å². The first kappa shape index (κ1) is 23.2. The summed E-state index contributed by atoms with van der Waals surface area (Å²) >= 11 is 0.